The first-order valence-corrected chi connectivity index (χ1v) is 6.13. The molecule has 1 saturated heterocycles. The van der Waals surface area contributed by atoms with Crippen LogP contribution >= 0.6 is 0 Å². The number of aromatic nitrogens is 2. The molecule has 4 heteroatoms. The van der Waals surface area contributed by atoms with E-state index in [1.165, 1.54) is 12.8 Å². The van der Waals surface area contributed by atoms with E-state index in [1.807, 2.05) is 0 Å². The van der Waals surface area contributed by atoms with Crippen molar-refractivity contribution in [3.63, 3.8) is 0 Å². The summed E-state index contributed by atoms with van der Waals surface area (Å²) in [6.07, 6.45) is 5.30. The molecule has 2 rings (SSSR count). The molecule has 1 unspecified atom stereocenters. The average molecular weight is 220 g/mol. The van der Waals surface area contributed by atoms with Gasteiger partial charge in [0.2, 0.25) is 0 Å². The minimum absolute atomic E-state index is 0.460. The zero-order valence-corrected chi connectivity index (χ0v) is 10.1. The molecule has 0 radical (unpaired) electrons. The van der Waals surface area contributed by atoms with Crippen molar-refractivity contribution in [1.29, 1.82) is 0 Å². The fourth-order valence-corrected chi connectivity index (χ4v) is 1.90. The lowest BCUT2D eigenvalue weighted by molar-refractivity contribution is 0.758. The molecular formula is C12H20N4. The van der Waals surface area contributed by atoms with E-state index in [-0.39, 0.29) is 0 Å². The molecular weight excluding hydrogens is 200 g/mol. The predicted octanol–water partition coefficient (Wildman–Crippen LogP) is 2.29. The summed E-state index contributed by atoms with van der Waals surface area (Å²) in [5.74, 6) is 1.99. The van der Waals surface area contributed by atoms with Gasteiger partial charge in [-0.2, -0.15) is 0 Å². The molecule has 88 valence electrons. The summed E-state index contributed by atoms with van der Waals surface area (Å²) < 4.78 is 0. The van der Waals surface area contributed by atoms with E-state index in [2.05, 4.69) is 40.1 Å². The van der Waals surface area contributed by atoms with Gasteiger partial charge in [-0.05, 0) is 26.2 Å². The minimum Gasteiger partial charge on any atom is -0.367 e. The Labute approximate surface area is 97.1 Å². The van der Waals surface area contributed by atoms with Crippen LogP contribution in [0.25, 0.3) is 0 Å². The van der Waals surface area contributed by atoms with Crippen LogP contribution < -0.4 is 10.2 Å². The lowest BCUT2D eigenvalue weighted by Crippen LogP contribution is -2.20. The highest BCUT2D eigenvalue weighted by molar-refractivity contribution is 5.49. The maximum absolute atomic E-state index is 4.33. The van der Waals surface area contributed by atoms with Crippen LogP contribution in [0.15, 0.2) is 12.4 Å². The highest BCUT2D eigenvalue weighted by atomic mass is 15.2. The molecule has 0 bridgehead atoms. The van der Waals surface area contributed by atoms with Gasteiger partial charge in [-0.25, -0.2) is 9.97 Å². The fraction of sp³-hybridized carbons (Fsp3) is 0.667. The van der Waals surface area contributed by atoms with Crippen molar-refractivity contribution in [3.8, 4) is 0 Å². The monoisotopic (exact) mass is 220 g/mol. The summed E-state index contributed by atoms with van der Waals surface area (Å²) in [5, 5.41) is 3.38. The second-order valence-corrected chi connectivity index (χ2v) is 4.41. The highest BCUT2D eigenvalue weighted by Crippen LogP contribution is 2.19. The van der Waals surface area contributed by atoms with Crippen molar-refractivity contribution in [3.05, 3.63) is 12.4 Å². The number of nitrogens with zero attached hydrogens (tertiary/aromatic N) is 3. The second-order valence-electron chi connectivity index (χ2n) is 4.41. The summed E-state index contributed by atoms with van der Waals surface area (Å²) >= 11 is 0. The molecule has 4 nitrogen and oxygen atoms in total. The molecule has 1 aliphatic heterocycles. The van der Waals surface area contributed by atoms with Gasteiger partial charge in [0.15, 0.2) is 0 Å². The van der Waals surface area contributed by atoms with Crippen LogP contribution in [0.1, 0.15) is 33.1 Å². The van der Waals surface area contributed by atoms with Gasteiger partial charge in [0.25, 0.3) is 0 Å². The number of rotatable bonds is 4. The number of nitrogens with one attached hydrogen (secondary N) is 1. The maximum Gasteiger partial charge on any atom is 0.134 e. The minimum atomic E-state index is 0.460. The van der Waals surface area contributed by atoms with E-state index >= 15 is 0 Å². The second kappa shape index (κ2) is 5.14. The third kappa shape index (κ3) is 2.62. The average Bonchev–Trinajstić information content (AvgIpc) is 2.83. The molecule has 0 amide bonds. The Balaban J connectivity index is 2.06. The molecule has 2 heterocycles. The lowest BCUT2D eigenvalue weighted by Gasteiger charge is -2.18. The standard InChI is InChI=1S/C12H20N4/c1-3-10(2)15-11-8-12(14-9-13-11)16-6-4-5-7-16/h8-10H,3-7H2,1-2H3,(H,13,14,15). The normalized spacial score (nSPS) is 17.5. The van der Waals surface area contributed by atoms with Gasteiger partial charge in [0.1, 0.15) is 18.0 Å². The van der Waals surface area contributed by atoms with E-state index in [9.17, 15) is 0 Å². The van der Waals surface area contributed by atoms with Crippen LogP contribution in [0.3, 0.4) is 0 Å². The SMILES string of the molecule is CCC(C)Nc1cc(N2CCCC2)ncn1. The smallest absolute Gasteiger partial charge is 0.134 e. The summed E-state index contributed by atoms with van der Waals surface area (Å²) in [7, 11) is 0. The van der Waals surface area contributed by atoms with Crippen LogP contribution in [0.5, 0.6) is 0 Å². The fourth-order valence-electron chi connectivity index (χ4n) is 1.90. The van der Waals surface area contributed by atoms with Crippen LogP contribution in [0, 0.1) is 0 Å². The van der Waals surface area contributed by atoms with Gasteiger partial charge >= 0.3 is 0 Å². The molecule has 16 heavy (non-hydrogen) atoms. The molecule has 0 saturated carbocycles. The van der Waals surface area contributed by atoms with Crippen molar-refractivity contribution in [1.82, 2.24) is 9.97 Å². The van der Waals surface area contributed by atoms with Gasteiger partial charge in [-0.1, -0.05) is 6.92 Å². The van der Waals surface area contributed by atoms with Crippen LogP contribution in [0.2, 0.25) is 0 Å². The Hall–Kier alpha value is -1.32. The number of anilines is 2. The Kier molecular flexibility index (Phi) is 3.59. The summed E-state index contributed by atoms with van der Waals surface area (Å²) in [6, 6.07) is 2.51. The molecule has 0 spiro atoms. The Morgan fingerprint density at radius 3 is 2.81 bits per heavy atom. The molecule has 1 aromatic rings. The molecule has 0 aliphatic carbocycles. The van der Waals surface area contributed by atoms with Crippen molar-refractivity contribution < 1.29 is 0 Å². The van der Waals surface area contributed by atoms with Crippen LogP contribution in [-0.4, -0.2) is 29.1 Å². The maximum atomic E-state index is 4.33. The highest BCUT2D eigenvalue weighted by Gasteiger charge is 2.14. The van der Waals surface area contributed by atoms with E-state index in [4.69, 9.17) is 0 Å². The van der Waals surface area contributed by atoms with Crippen molar-refractivity contribution >= 4 is 11.6 Å². The van der Waals surface area contributed by atoms with Gasteiger partial charge in [-0.3, -0.25) is 0 Å². The largest absolute Gasteiger partial charge is 0.367 e. The number of hydrogen-bond donors (Lipinski definition) is 1. The Morgan fingerprint density at radius 2 is 2.12 bits per heavy atom. The molecule has 1 atom stereocenters. The van der Waals surface area contributed by atoms with Crippen molar-refractivity contribution in [2.45, 2.75) is 39.2 Å². The molecule has 1 N–H and O–H groups in total. The Morgan fingerprint density at radius 1 is 1.38 bits per heavy atom. The first kappa shape index (κ1) is 11.2. The third-order valence-electron chi connectivity index (χ3n) is 3.09. The quantitative estimate of drug-likeness (QED) is 0.845. The van der Waals surface area contributed by atoms with E-state index in [1.54, 1.807) is 6.33 Å². The van der Waals surface area contributed by atoms with E-state index in [0.717, 1.165) is 31.1 Å². The van der Waals surface area contributed by atoms with Gasteiger partial charge < -0.3 is 10.2 Å². The lowest BCUT2D eigenvalue weighted by atomic mass is 10.2. The topological polar surface area (TPSA) is 41.0 Å². The zero-order valence-electron chi connectivity index (χ0n) is 10.1. The summed E-state index contributed by atoms with van der Waals surface area (Å²) in [5.41, 5.74) is 0. The molecule has 1 fully saturated rings. The van der Waals surface area contributed by atoms with Gasteiger partial charge in [-0.15, -0.1) is 0 Å². The number of hydrogen-bond acceptors (Lipinski definition) is 4. The van der Waals surface area contributed by atoms with Gasteiger partial charge in [0, 0.05) is 25.2 Å². The first-order chi connectivity index (χ1) is 7.79. The third-order valence-corrected chi connectivity index (χ3v) is 3.09. The Bertz CT molecular complexity index is 334. The molecule has 0 aromatic carbocycles. The zero-order chi connectivity index (χ0) is 11.4. The molecule has 1 aliphatic rings. The van der Waals surface area contributed by atoms with Crippen LogP contribution in [0.4, 0.5) is 11.6 Å². The van der Waals surface area contributed by atoms with Crippen molar-refractivity contribution in [2.75, 3.05) is 23.3 Å². The van der Waals surface area contributed by atoms with Crippen molar-refractivity contribution in [2.24, 2.45) is 0 Å². The van der Waals surface area contributed by atoms with Crippen LogP contribution in [-0.2, 0) is 0 Å². The van der Waals surface area contributed by atoms with E-state index in [0.29, 0.717) is 6.04 Å². The first-order valence-electron chi connectivity index (χ1n) is 6.13. The summed E-state index contributed by atoms with van der Waals surface area (Å²) in [4.78, 5) is 10.9. The molecule has 1 aromatic heterocycles. The van der Waals surface area contributed by atoms with Gasteiger partial charge in [0.05, 0.1) is 0 Å². The van der Waals surface area contributed by atoms with E-state index < -0.39 is 0 Å². The predicted molar refractivity (Wildman–Crippen MR) is 66.9 cm³/mol. The summed E-state index contributed by atoms with van der Waals surface area (Å²) in [6.45, 7) is 6.58.